The summed E-state index contributed by atoms with van der Waals surface area (Å²) < 4.78 is 0. The van der Waals surface area contributed by atoms with Crippen LogP contribution in [0.25, 0.3) is 0 Å². The first-order chi connectivity index (χ1) is 4.38. The summed E-state index contributed by atoms with van der Waals surface area (Å²) in [5.74, 6) is 3.45. The molecule has 0 saturated heterocycles. The van der Waals surface area contributed by atoms with Crippen LogP contribution in [0.3, 0.4) is 0 Å². The van der Waals surface area contributed by atoms with Crippen LogP contribution in [0.15, 0.2) is 0 Å². The number of carbonyl (C=O) groups excluding carboxylic acids is 1. The highest BCUT2D eigenvalue weighted by Crippen LogP contribution is 2.63. The lowest BCUT2D eigenvalue weighted by Crippen LogP contribution is -2.07. The summed E-state index contributed by atoms with van der Waals surface area (Å²) in [6.45, 7) is 0. The van der Waals surface area contributed by atoms with Crippen molar-refractivity contribution in [1.29, 1.82) is 0 Å². The number of hydrogen-bond donors (Lipinski definition) is 0. The molecule has 0 spiro atoms. The molecule has 0 amide bonds. The van der Waals surface area contributed by atoms with E-state index in [2.05, 4.69) is 0 Å². The third-order valence-electron chi connectivity index (χ3n) is 3.44. The summed E-state index contributed by atoms with van der Waals surface area (Å²) in [5.41, 5.74) is 0. The van der Waals surface area contributed by atoms with Gasteiger partial charge in [0, 0.05) is 11.8 Å². The topological polar surface area (TPSA) is 17.1 Å². The Labute approximate surface area is 54.4 Å². The fourth-order valence-electron chi connectivity index (χ4n) is 2.93. The molecule has 48 valence electrons. The van der Waals surface area contributed by atoms with Gasteiger partial charge in [-0.3, -0.25) is 4.79 Å². The molecule has 0 N–H and O–H groups in total. The summed E-state index contributed by atoms with van der Waals surface area (Å²) in [6.07, 6.45) is 3.84. The Kier molecular flexibility index (Phi) is 0.544. The largest absolute Gasteiger partial charge is 0.299 e. The van der Waals surface area contributed by atoms with E-state index in [-0.39, 0.29) is 0 Å². The molecule has 0 aromatic heterocycles. The van der Waals surface area contributed by atoms with Crippen LogP contribution in [-0.2, 0) is 4.79 Å². The molecule has 0 aliphatic heterocycles. The second-order valence-corrected chi connectivity index (χ2v) is 3.76. The van der Waals surface area contributed by atoms with Gasteiger partial charge in [0.15, 0.2) is 0 Å². The third-order valence-corrected chi connectivity index (χ3v) is 3.44. The van der Waals surface area contributed by atoms with E-state index in [1.807, 2.05) is 0 Å². The van der Waals surface area contributed by atoms with Crippen molar-refractivity contribution < 1.29 is 4.79 Å². The molecule has 0 aromatic rings. The Morgan fingerprint density at radius 2 is 1.67 bits per heavy atom. The Morgan fingerprint density at radius 1 is 1.11 bits per heavy atom. The molecule has 3 aliphatic rings. The molecule has 0 heterocycles. The summed E-state index contributed by atoms with van der Waals surface area (Å²) in [6, 6.07) is 0. The lowest BCUT2D eigenvalue weighted by Gasteiger charge is -2.02. The maximum absolute atomic E-state index is 11.2. The van der Waals surface area contributed by atoms with E-state index in [1.54, 1.807) is 0 Å². The summed E-state index contributed by atoms with van der Waals surface area (Å²) in [4.78, 5) is 11.2. The molecule has 0 aromatic carbocycles. The zero-order valence-corrected chi connectivity index (χ0v) is 5.34. The van der Waals surface area contributed by atoms with Gasteiger partial charge in [0.2, 0.25) is 0 Å². The standard InChI is InChI=1S/C8H10O/c9-8-4-1-2-5(8)7-3-6(4)7/h4-7H,1-3H2/t4-,5+,6+,7-. The maximum Gasteiger partial charge on any atom is 0.139 e. The molecule has 3 saturated carbocycles. The minimum atomic E-state index is 0.542. The molecular formula is C8H10O. The number of Topliss-reactive ketones (excluding diaryl/α,β-unsaturated/α-hetero) is 1. The number of fused-ring (bicyclic) bond motifs is 5. The Morgan fingerprint density at radius 3 is 2.00 bits per heavy atom. The summed E-state index contributed by atoms with van der Waals surface area (Å²) in [7, 11) is 0. The van der Waals surface area contributed by atoms with Gasteiger partial charge in [-0.2, -0.15) is 0 Å². The first-order valence-electron chi connectivity index (χ1n) is 3.91. The van der Waals surface area contributed by atoms with Crippen LogP contribution >= 0.6 is 0 Å². The minimum Gasteiger partial charge on any atom is -0.299 e. The van der Waals surface area contributed by atoms with Gasteiger partial charge in [0.1, 0.15) is 5.78 Å². The Bertz CT molecular complexity index is 167. The van der Waals surface area contributed by atoms with E-state index in [9.17, 15) is 4.79 Å². The Balaban J connectivity index is 2.09. The van der Waals surface area contributed by atoms with E-state index in [1.165, 1.54) is 19.3 Å². The minimum absolute atomic E-state index is 0.542. The highest BCUT2D eigenvalue weighted by Gasteiger charge is 2.62. The van der Waals surface area contributed by atoms with Crippen molar-refractivity contribution in [3.8, 4) is 0 Å². The molecular weight excluding hydrogens is 112 g/mol. The first-order valence-corrected chi connectivity index (χ1v) is 3.91. The predicted molar refractivity (Wildman–Crippen MR) is 32.8 cm³/mol. The average molecular weight is 122 g/mol. The second kappa shape index (κ2) is 1.09. The molecule has 0 radical (unpaired) electrons. The summed E-state index contributed by atoms with van der Waals surface area (Å²) in [5, 5.41) is 0. The van der Waals surface area contributed by atoms with E-state index >= 15 is 0 Å². The molecule has 3 fully saturated rings. The average Bonchev–Trinajstić information content (AvgIpc) is 2.53. The van der Waals surface area contributed by atoms with Crippen molar-refractivity contribution in [3.63, 3.8) is 0 Å². The highest BCUT2D eigenvalue weighted by atomic mass is 16.1. The normalized spacial score (nSPS) is 60.2. The fourth-order valence-corrected chi connectivity index (χ4v) is 2.93. The van der Waals surface area contributed by atoms with Crippen LogP contribution < -0.4 is 0 Å². The van der Waals surface area contributed by atoms with Crippen LogP contribution in [0, 0.1) is 23.7 Å². The van der Waals surface area contributed by atoms with Crippen LogP contribution in [0.1, 0.15) is 19.3 Å². The van der Waals surface area contributed by atoms with E-state index in [4.69, 9.17) is 0 Å². The van der Waals surface area contributed by atoms with Gasteiger partial charge in [-0.25, -0.2) is 0 Å². The van der Waals surface area contributed by atoms with Crippen LogP contribution in [-0.4, -0.2) is 5.78 Å². The molecule has 1 nitrogen and oxygen atoms in total. The predicted octanol–water partition coefficient (Wildman–Crippen LogP) is 1.23. The molecule has 0 unspecified atom stereocenters. The fraction of sp³-hybridized carbons (Fsp3) is 0.875. The molecule has 9 heavy (non-hydrogen) atoms. The van der Waals surface area contributed by atoms with Gasteiger partial charge in [-0.05, 0) is 31.1 Å². The lowest BCUT2D eigenvalue weighted by molar-refractivity contribution is -0.122. The van der Waals surface area contributed by atoms with Crippen molar-refractivity contribution in [1.82, 2.24) is 0 Å². The number of ketones is 1. The monoisotopic (exact) mass is 122 g/mol. The zero-order chi connectivity index (χ0) is 6.01. The number of hydrogen-bond acceptors (Lipinski definition) is 1. The van der Waals surface area contributed by atoms with E-state index in [0.29, 0.717) is 17.6 Å². The third kappa shape index (κ3) is 0.347. The van der Waals surface area contributed by atoms with Crippen molar-refractivity contribution in [2.75, 3.05) is 0 Å². The van der Waals surface area contributed by atoms with Crippen molar-refractivity contribution in [2.45, 2.75) is 19.3 Å². The van der Waals surface area contributed by atoms with Gasteiger partial charge >= 0.3 is 0 Å². The van der Waals surface area contributed by atoms with Crippen LogP contribution in [0.5, 0.6) is 0 Å². The molecule has 3 rings (SSSR count). The van der Waals surface area contributed by atoms with Crippen molar-refractivity contribution in [3.05, 3.63) is 0 Å². The van der Waals surface area contributed by atoms with Gasteiger partial charge in [0.25, 0.3) is 0 Å². The van der Waals surface area contributed by atoms with Gasteiger partial charge in [-0.1, -0.05) is 0 Å². The van der Waals surface area contributed by atoms with Crippen LogP contribution in [0.4, 0.5) is 0 Å². The van der Waals surface area contributed by atoms with Crippen LogP contribution in [0.2, 0.25) is 0 Å². The maximum atomic E-state index is 11.2. The smallest absolute Gasteiger partial charge is 0.139 e. The molecule has 1 heteroatoms. The molecule has 3 aliphatic carbocycles. The first kappa shape index (κ1) is 4.48. The zero-order valence-electron chi connectivity index (χ0n) is 5.34. The van der Waals surface area contributed by atoms with Gasteiger partial charge in [-0.15, -0.1) is 0 Å². The molecule has 2 bridgehead atoms. The molecule has 4 atom stereocenters. The van der Waals surface area contributed by atoms with Gasteiger partial charge in [0.05, 0.1) is 0 Å². The number of rotatable bonds is 0. The van der Waals surface area contributed by atoms with E-state index in [0.717, 1.165) is 11.8 Å². The quantitative estimate of drug-likeness (QED) is 0.472. The highest BCUT2D eigenvalue weighted by molar-refractivity contribution is 5.89. The lowest BCUT2D eigenvalue weighted by atomic mass is 10.0. The van der Waals surface area contributed by atoms with Crippen molar-refractivity contribution >= 4 is 5.78 Å². The SMILES string of the molecule is O=C1[C@H]2CC[C@@H]1[C@@H]1C[C@@H]12. The van der Waals surface area contributed by atoms with Crippen molar-refractivity contribution in [2.24, 2.45) is 23.7 Å². The second-order valence-electron chi connectivity index (χ2n) is 3.76. The number of carbonyl (C=O) groups is 1. The Hall–Kier alpha value is -0.330. The summed E-state index contributed by atoms with van der Waals surface area (Å²) >= 11 is 0. The van der Waals surface area contributed by atoms with Gasteiger partial charge < -0.3 is 0 Å². The van der Waals surface area contributed by atoms with E-state index < -0.39 is 0 Å².